The molecule has 0 spiro atoms. The van der Waals surface area contributed by atoms with E-state index in [0.29, 0.717) is 0 Å². The number of furan rings is 1. The van der Waals surface area contributed by atoms with Gasteiger partial charge in [-0.05, 0) is 111 Å². The first-order valence-corrected chi connectivity index (χ1v) is 22.2. The topological polar surface area (TPSA) is 16.4 Å². The second-order valence-electron chi connectivity index (χ2n) is 16.1. The zero-order valence-corrected chi connectivity index (χ0v) is 35.1. The van der Waals surface area contributed by atoms with E-state index in [-0.39, 0.29) is 0 Å². The van der Waals surface area contributed by atoms with Gasteiger partial charge >= 0.3 is 0 Å². The van der Waals surface area contributed by atoms with Gasteiger partial charge in [0.1, 0.15) is 11.2 Å². The highest BCUT2D eigenvalue weighted by Gasteiger charge is 2.18. The second-order valence-corrected chi connectivity index (χ2v) is 17.1. The Morgan fingerprint density at radius 2 is 0.810 bits per heavy atom. The van der Waals surface area contributed by atoms with Crippen LogP contribution in [-0.4, -0.2) is 0 Å². The maximum Gasteiger partial charge on any atom is 0.143 e. The summed E-state index contributed by atoms with van der Waals surface area (Å²) >= 11 is 1.86. The van der Waals surface area contributed by atoms with Crippen molar-refractivity contribution in [1.29, 1.82) is 0 Å². The molecule has 0 amide bonds. The molecule has 0 atom stereocenters. The quantitative estimate of drug-likeness (QED) is 0.152. The lowest BCUT2D eigenvalue weighted by atomic mass is 9.93. The van der Waals surface area contributed by atoms with Crippen LogP contribution >= 0.6 is 11.3 Å². The summed E-state index contributed by atoms with van der Waals surface area (Å²) < 4.78 is 9.15. The number of anilines is 3. The summed E-state index contributed by atoms with van der Waals surface area (Å²) in [7, 11) is 0. The molecule has 12 aromatic rings. The number of thiophene rings is 1. The van der Waals surface area contributed by atoms with Gasteiger partial charge in [-0.1, -0.05) is 176 Å². The summed E-state index contributed by atoms with van der Waals surface area (Å²) in [6.45, 7) is 0. The maximum absolute atomic E-state index is 6.52. The van der Waals surface area contributed by atoms with Gasteiger partial charge in [-0.15, -0.1) is 11.3 Å². The van der Waals surface area contributed by atoms with Crippen molar-refractivity contribution in [2.45, 2.75) is 0 Å². The van der Waals surface area contributed by atoms with E-state index in [2.05, 4.69) is 235 Å². The second kappa shape index (κ2) is 15.5. The minimum Gasteiger partial charge on any atom is -0.455 e. The van der Waals surface area contributed by atoms with E-state index < -0.39 is 0 Å². The molecular formula is C60H39NOS. The van der Waals surface area contributed by atoms with Gasteiger partial charge in [0.25, 0.3) is 0 Å². The van der Waals surface area contributed by atoms with Crippen molar-refractivity contribution in [2.75, 3.05) is 4.90 Å². The predicted molar refractivity (Wildman–Crippen MR) is 268 cm³/mol. The summed E-state index contributed by atoms with van der Waals surface area (Å²) in [6.07, 6.45) is 0. The Morgan fingerprint density at radius 1 is 0.286 bits per heavy atom. The molecule has 0 aliphatic carbocycles. The van der Waals surface area contributed by atoms with Gasteiger partial charge in [0.05, 0.1) is 0 Å². The molecule has 0 aliphatic rings. The van der Waals surface area contributed by atoms with Gasteiger partial charge in [-0.3, -0.25) is 0 Å². The standard InChI is InChI=1S/C60H39NOS/c1-4-13-42(14-5-1)50-35-33-49(39-55(50)44-17-8-3-9-18-44)61(48-31-25-41(26-32-48)46-27-34-53-52-19-10-11-22-58(52)63-59(53)38-46)47-29-23-40(24-30-47)45-28-36-57-56(37-45)54-21-12-20-51(60(54)62-57)43-15-6-2-7-16-43/h1-39H. The number of nitrogens with zero attached hydrogens (tertiary/aromatic N) is 1. The van der Waals surface area contributed by atoms with Crippen molar-refractivity contribution in [3.05, 3.63) is 237 Å². The highest BCUT2D eigenvalue weighted by molar-refractivity contribution is 7.25. The number of fused-ring (bicyclic) bond motifs is 6. The predicted octanol–water partition coefficient (Wildman–Crippen LogP) is 17.8. The number of rotatable bonds is 8. The number of para-hydroxylation sites is 1. The largest absolute Gasteiger partial charge is 0.455 e. The van der Waals surface area contributed by atoms with Crippen LogP contribution in [0.5, 0.6) is 0 Å². The van der Waals surface area contributed by atoms with Gasteiger partial charge in [0.2, 0.25) is 0 Å². The van der Waals surface area contributed by atoms with E-state index in [4.69, 9.17) is 4.42 Å². The third-order valence-electron chi connectivity index (χ3n) is 12.3. The Balaban J connectivity index is 0.952. The molecule has 0 N–H and O–H groups in total. The highest BCUT2D eigenvalue weighted by atomic mass is 32.1. The Hall–Kier alpha value is -7.98. The lowest BCUT2D eigenvalue weighted by Crippen LogP contribution is -2.10. The van der Waals surface area contributed by atoms with Crippen LogP contribution in [0.25, 0.3) is 97.7 Å². The van der Waals surface area contributed by atoms with E-state index >= 15 is 0 Å². The van der Waals surface area contributed by atoms with Crippen LogP contribution in [0.3, 0.4) is 0 Å². The van der Waals surface area contributed by atoms with Crippen LogP contribution in [0, 0.1) is 0 Å². The van der Waals surface area contributed by atoms with Crippen LogP contribution in [0.15, 0.2) is 241 Å². The average molecular weight is 822 g/mol. The first kappa shape index (κ1) is 36.8. The molecule has 0 saturated heterocycles. The molecule has 0 aliphatic heterocycles. The minimum absolute atomic E-state index is 0.889. The average Bonchev–Trinajstić information content (AvgIpc) is 3.93. The minimum atomic E-state index is 0.889. The fourth-order valence-electron chi connectivity index (χ4n) is 9.18. The third-order valence-corrected chi connectivity index (χ3v) is 13.4. The SMILES string of the molecule is c1ccc(-c2ccc(N(c3ccc(-c4ccc5c(c4)sc4ccccc45)cc3)c3ccc(-c4ccc5oc6c(-c7ccccc7)cccc6c5c4)cc3)cc2-c2ccccc2)cc1. The molecule has 2 nitrogen and oxygen atoms in total. The molecule has 2 heterocycles. The summed E-state index contributed by atoms with van der Waals surface area (Å²) in [6, 6.07) is 85.3. The molecule has 3 heteroatoms. The zero-order chi connectivity index (χ0) is 41.7. The van der Waals surface area contributed by atoms with Crippen LogP contribution in [-0.2, 0) is 0 Å². The van der Waals surface area contributed by atoms with E-state index in [0.717, 1.165) is 61.3 Å². The van der Waals surface area contributed by atoms with Crippen LogP contribution < -0.4 is 4.90 Å². The fraction of sp³-hybridized carbons (Fsp3) is 0. The summed E-state index contributed by atoms with van der Waals surface area (Å²) in [5.41, 5.74) is 16.8. The van der Waals surface area contributed by atoms with Gasteiger partial charge in [-0.25, -0.2) is 0 Å². The van der Waals surface area contributed by atoms with Crippen molar-refractivity contribution in [3.8, 4) is 55.6 Å². The molecule has 0 radical (unpaired) electrons. The van der Waals surface area contributed by atoms with Crippen LogP contribution in [0.1, 0.15) is 0 Å². The zero-order valence-electron chi connectivity index (χ0n) is 34.3. The third kappa shape index (κ3) is 6.67. The van der Waals surface area contributed by atoms with E-state index in [1.54, 1.807) is 0 Å². The normalized spacial score (nSPS) is 11.5. The first-order chi connectivity index (χ1) is 31.2. The van der Waals surface area contributed by atoms with Crippen molar-refractivity contribution < 1.29 is 4.42 Å². The van der Waals surface area contributed by atoms with Crippen molar-refractivity contribution >= 4 is 70.5 Å². The molecule has 0 saturated carbocycles. The molecule has 296 valence electrons. The van der Waals surface area contributed by atoms with Crippen molar-refractivity contribution in [2.24, 2.45) is 0 Å². The van der Waals surface area contributed by atoms with E-state index in [1.165, 1.54) is 53.6 Å². The summed E-state index contributed by atoms with van der Waals surface area (Å²) in [5.74, 6) is 0. The molecule has 0 fully saturated rings. The van der Waals surface area contributed by atoms with Crippen molar-refractivity contribution in [3.63, 3.8) is 0 Å². The van der Waals surface area contributed by atoms with Gasteiger partial charge in [0.15, 0.2) is 0 Å². The van der Waals surface area contributed by atoms with Gasteiger partial charge < -0.3 is 9.32 Å². The first-order valence-electron chi connectivity index (χ1n) is 21.4. The smallest absolute Gasteiger partial charge is 0.143 e. The lowest BCUT2D eigenvalue weighted by Gasteiger charge is -2.27. The van der Waals surface area contributed by atoms with E-state index in [9.17, 15) is 0 Å². The molecule has 0 bridgehead atoms. The number of hydrogen-bond donors (Lipinski definition) is 0. The molecule has 12 rings (SSSR count). The van der Waals surface area contributed by atoms with Gasteiger partial charge in [-0.2, -0.15) is 0 Å². The highest BCUT2D eigenvalue weighted by Crippen LogP contribution is 2.43. The molecule has 2 aromatic heterocycles. The summed E-state index contributed by atoms with van der Waals surface area (Å²) in [5, 5.41) is 4.87. The Bertz CT molecular complexity index is 3590. The number of hydrogen-bond acceptors (Lipinski definition) is 3. The van der Waals surface area contributed by atoms with Crippen LogP contribution in [0.2, 0.25) is 0 Å². The Labute approximate surface area is 370 Å². The maximum atomic E-state index is 6.52. The molecule has 63 heavy (non-hydrogen) atoms. The number of benzene rings is 10. The molecule has 0 unspecified atom stereocenters. The van der Waals surface area contributed by atoms with Gasteiger partial charge in [0, 0.05) is 53.6 Å². The van der Waals surface area contributed by atoms with Crippen molar-refractivity contribution in [1.82, 2.24) is 0 Å². The molecule has 10 aromatic carbocycles. The monoisotopic (exact) mass is 821 g/mol. The van der Waals surface area contributed by atoms with Crippen LogP contribution in [0.4, 0.5) is 17.1 Å². The Morgan fingerprint density at radius 3 is 1.49 bits per heavy atom. The summed E-state index contributed by atoms with van der Waals surface area (Å²) in [4.78, 5) is 2.38. The Kier molecular flexibility index (Phi) is 9.06. The lowest BCUT2D eigenvalue weighted by molar-refractivity contribution is 0.670. The fourth-order valence-corrected chi connectivity index (χ4v) is 10.3. The molecular weight excluding hydrogens is 783 g/mol. The van der Waals surface area contributed by atoms with E-state index in [1.807, 2.05) is 17.4 Å².